The van der Waals surface area contributed by atoms with Crippen molar-refractivity contribution in [2.24, 2.45) is 0 Å². The fourth-order valence-electron chi connectivity index (χ4n) is 3.18. The third-order valence-electron chi connectivity index (χ3n) is 4.38. The highest BCUT2D eigenvalue weighted by atomic mass is 35.5. The molecule has 0 saturated carbocycles. The van der Waals surface area contributed by atoms with Gasteiger partial charge in [0.1, 0.15) is 0 Å². The van der Waals surface area contributed by atoms with Gasteiger partial charge in [-0.3, -0.25) is 4.79 Å². The van der Waals surface area contributed by atoms with Crippen LogP contribution in [0.25, 0.3) is 0 Å². The van der Waals surface area contributed by atoms with E-state index in [-0.39, 0.29) is 5.78 Å². The molecule has 0 radical (unpaired) electrons. The zero-order valence-corrected chi connectivity index (χ0v) is 16.2. The number of carbonyl (C=O) groups is 1. The molecule has 0 saturated heterocycles. The molecule has 0 unspecified atom stereocenters. The number of benzene rings is 3. The molecule has 3 heteroatoms. The monoisotopic (exact) mass is 380 g/mol. The molecule has 1 nitrogen and oxygen atoms in total. The van der Waals surface area contributed by atoms with Crippen molar-refractivity contribution in [2.45, 2.75) is 12.8 Å². The topological polar surface area (TPSA) is 17.1 Å². The van der Waals surface area contributed by atoms with Gasteiger partial charge in [0.05, 0.1) is 0 Å². The number of rotatable bonds is 7. The Labute approximate surface area is 160 Å². The standard InChI is InChI=1S/C23H22ClOP/c24-18-10-11-20(25)19-26(21-12-4-1-5-13-21,22-14-6-2-7-15-22)23-16-8-3-9-17-23/h1-9,12-17,19H,10-11,18H2. The van der Waals surface area contributed by atoms with E-state index in [1.165, 1.54) is 15.9 Å². The van der Waals surface area contributed by atoms with Crippen LogP contribution in [-0.4, -0.2) is 17.5 Å². The minimum absolute atomic E-state index is 0.163. The van der Waals surface area contributed by atoms with Crippen LogP contribution in [0.15, 0.2) is 91.0 Å². The molecule has 0 heterocycles. The first-order valence-electron chi connectivity index (χ1n) is 8.77. The highest BCUT2D eigenvalue weighted by Crippen LogP contribution is 2.43. The maximum absolute atomic E-state index is 12.9. The van der Waals surface area contributed by atoms with E-state index < -0.39 is 6.89 Å². The van der Waals surface area contributed by atoms with Gasteiger partial charge in [-0.2, -0.15) is 0 Å². The second kappa shape index (κ2) is 9.03. The second-order valence-electron chi connectivity index (χ2n) is 6.12. The van der Waals surface area contributed by atoms with E-state index in [4.69, 9.17) is 11.6 Å². The molecule has 0 aliphatic rings. The predicted octanol–water partition coefficient (Wildman–Crippen LogP) is 4.37. The summed E-state index contributed by atoms with van der Waals surface area (Å²) >= 11 is 5.81. The first-order chi connectivity index (χ1) is 12.8. The van der Waals surface area contributed by atoms with Gasteiger partial charge >= 0.3 is 0 Å². The van der Waals surface area contributed by atoms with Crippen molar-refractivity contribution < 1.29 is 4.79 Å². The van der Waals surface area contributed by atoms with Crippen molar-refractivity contribution in [1.82, 2.24) is 0 Å². The fourth-order valence-corrected chi connectivity index (χ4v) is 7.15. The minimum atomic E-state index is -2.17. The highest BCUT2D eigenvalue weighted by Gasteiger charge is 2.25. The SMILES string of the molecule is O=C(C=P(c1ccccc1)(c1ccccc1)c1ccccc1)CCCCl. The van der Waals surface area contributed by atoms with Gasteiger partial charge in [0.25, 0.3) is 0 Å². The zero-order valence-electron chi connectivity index (χ0n) is 14.6. The minimum Gasteiger partial charge on any atom is -0.295 e. The van der Waals surface area contributed by atoms with Crippen LogP contribution in [-0.2, 0) is 4.79 Å². The van der Waals surface area contributed by atoms with Crippen molar-refractivity contribution in [2.75, 3.05) is 5.88 Å². The number of ketones is 1. The van der Waals surface area contributed by atoms with Crippen LogP contribution in [0.5, 0.6) is 0 Å². The van der Waals surface area contributed by atoms with Gasteiger partial charge in [0.15, 0.2) is 5.78 Å². The van der Waals surface area contributed by atoms with Gasteiger partial charge in [-0.15, -0.1) is 11.6 Å². The summed E-state index contributed by atoms with van der Waals surface area (Å²) in [6, 6.07) is 31.2. The number of halogens is 1. The molecule has 0 spiro atoms. The van der Waals surface area contributed by atoms with Crippen molar-refractivity contribution in [3.63, 3.8) is 0 Å². The molecule has 3 aromatic rings. The Bertz CT molecular complexity index is 786. The summed E-state index contributed by atoms with van der Waals surface area (Å²) in [7, 11) is 0. The summed E-state index contributed by atoms with van der Waals surface area (Å²) in [6.07, 6.45) is 1.19. The molecule has 0 atom stereocenters. The van der Waals surface area contributed by atoms with E-state index in [2.05, 4.69) is 36.4 Å². The lowest BCUT2D eigenvalue weighted by molar-refractivity contribution is -0.112. The summed E-state index contributed by atoms with van der Waals surface area (Å²) in [4.78, 5) is 12.9. The normalized spacial score (nSPS) is 11.1. The van der Waals surface area contributed by atoms with E-state index in [0.29, 0.717) is 18.7 Å². The molecule has 0 aliphatic carbocycles. The van der Waals surface area contributed by atoms with E-state index in [1.807, 2.05) is 60.4 Å². The summed E-state index contributed by atoms with van der Waals surface area (Å²) in [5.74, 6) is 2.66. The Balaban J connectivity index is 2.32. The Hall–Kier alpha value is -2.08. The number of carbonyl (C=O) groups excluding carboxylic acids is 1. The Morgan fingerprint density at radius 1 is 0.731 bits per heavy atom. The maximum atomic E-state index is 12.9. The lowest BCUT2D eigenvalue weighted by atomic mass is 10.3. The third-order valence-corrected chi connectivity index (χ3v) is 8.67. The average Bonchev–Trinajstić information content (AvgIpc) is 2.72. The van der Waals surface area contributed by atoms with Crippen molar-refractivity contribution in [3.05, 3.63) is 91.0 Å². The van der Waals surface area contributed by atoms with Gasteiger partial charge in [0, 0.05) is 12.3 Å². The van der Waals surface area contributed by atoms with Crippen molar-refractivity contribution >= 4 is 46.0 Å². The second-order valence-corrected chi connectivity index (χ2v) is 9.75. The van der Waals surface area contributed by atoms with Crippen LogP contribution in [0.2, 0.25) is 0 Å². The molecule has 3 aromatic carbocycles. The summed E-state index contributed by atoms with van der Waals surface area (Å²) in [5, 5.41) is 3.57. The lowest BCUT2D eigenvalue weighted by Gasteiger charge is -2.28. The van der Waals surface area contributed by atoms with E-state index >= 15 is 0 Å². The molecular formula is C23H22ClOP. The fraction of sp³-hybridized carbons (Fsp3) is 0.130. The first-order valence-corrected chi connectivity index (χ1v) is 11.2. The van der Waals surface area contributed by atoms with Crippen LogP contribution < -0.4 is 15.9 Å². The van der Waals surface area contributed by atoms with Crippen LogP contribution in [0.4, 0.5) is 0 Å². The molecule has 0 amide bonds. The number of hydrogen-bond donors (Lipinski definition) is 0. The smallest absolute Gasteiger partial charge is 0.156 e. The predicted molar refractivity (Wildman–Crippen MR) is 116 cm³/mol. The average molecular weight is 381 g/mol. The van der Waals surface area contributed by atoms with Gasteiger partial charge in [-0.05, 0) is 35.0 Å². The van der Waals surface area contributed by atoms with E-state index in [0.717, 1.165) is 0 Å². The van der Waals surface area contributed by atoms with Gasteiger partial charge in [-0.25, -0.2) is 0 Å². The van der Waals surface area contributed by atoms with Gasteiger partial charge < -0.3 is 0 Å². The number of alkyl halides is 1. The largest absolute Gasteiger partial charge is 0.295 e. The molecule has 3 rings (SSSR count). The molecule has 0 aliphatic heterocycles. The first kappa shape index (κ1) is 18.7. The molecule has 26 heavy (non-hydrogen) atoms. The Kier molecular flexibility index (Phi) is 6.50. The summed E-state index contributed by atoms with van der Waals surface area (Å²) < 4.78 is 0. The van der Waals surface area contributed by atoms with Crippen LogP contribution >= 0.6 is 18.5 Å². The maximum Gasteiger partial charge on any atom is 0.156 e. The molecule has 132 valence electrons. The van der Waals surface area contributed by atoms with E-state index in [9.17, 15) is 4.79 Å². The molecule has 0 aromatic heterocycles. The van der Waals surface area contributed by atoms with Crippen LogP contribution in [0.1, 0.15) is 12.8 Å². The highest BCUT2D eigenvalue weighted by molar-refractivity contribution is 7.95. The van der Waals surface area contributed by atoms with Crippen LogP contribution in [0.3, 0.4) is 0 Å². The van der Waals surface area contributed by atoms with Crippen molar-refractivity contribution in [3.8, 4) is 0 Å². The Morgan fingerprint density at radius 3 is 1.46 bits per heavy atom. The lowest BCUT2D eigenvalue weighted by Crippen LogP contribution is -2.28. The van der Waals surface area contributed by atoms with Crippen molar-refractivity contribution in [1.29, 1.82) is 0 Å². The molecular weight excluding hydrogens is 359 g/mol. The third kappa shape index (κ3) is 4.01. The number of Topliss-reactive ketones (excluding diaryl/α,β-unsaturated/α-hetero) is 1. The zero-order chi connectivity index (χ0) is 18.2. The number of hydrogen-bond acceptors (Lipinski definition) is 1. The quantitative estimate of drug-likeness (QED) is 0.439. The molecule has 0 N–H and O–H groups in total. The van der Waals surface area contributed by atoms with Gasteiger partial charge in [-0.1, -0.05) is 91.0 Å². The summed E-state index contributed by atoms with van der Waals surface area (Å²) in [6.45, 7) is -2.17. The summed E-state index contributed by atoms with van der Waals surface area (Å²) in [5.41, 5.74) is 0. The van der Waals surface area contributed by atoms with E-state index in [1.54, 1.807) is 0 Å². The van der Waals surface area contributed by atoms with Crippen LogP contribution in [0, 0.1) is 0 Å². The molecule has 0 fully saturated rings. The molecule has 0 bridgehead atoms. The Morgan fingerprint density at radius 2 is 1.12 bits per heavy atom. The van der Waals surface area contributed by atoms with Gasteiger partial charge in [0.2, 0.25) is 0 Å².